The number of nitrogen functional groups attached to an aromatic ring is 1. The lowest BCUT2D eigenvalue weighted by atomic mass is 9.95. The van der Waals surface area contributed by atoms with E-state index in [-0.39, 0.29) is 5.82 Å². The third-order valence-electron chi connectivity index (χ3n) is 4.54. The minimum Gasteiger partial charge on any atom is -0.496 e. The molecule has 1 heterocycles. The summed E-state index contributed by atoms with van der Waals surface area (Å²) in [6.45, 7) is 3.76. The number of H-pyrrole nitrogens is 1. The van der Waals surface area contributed by atoms with Crippen LogP contribution in [0.25, 0.3) is 17.2 Å². The summed E-state index contributed by atoms with van der Waals surface area (Å²) in [7, 11) is 1.62. The molecule has 0 unspecified atom stereocenters. The number of aromatic nitrogens is 1. The summed E-state index contributed by atoms with van der Waals surface area (Å²) in [6.07, 6.45) is 2.00. The lowest BCUT2D eigenvalue weighted by Gasteiger charge is -2.09. The monoisotopic (exact) mass is 407 g/mol. The van der Waals surface area contributed by atoms with Crippen molar-refractivity contribution in [1.82, 2.24) is 0 Å². The molecule has 0 aliphatic heterocycles. The van der Waals surface area contributed by atoms with Gasteiger partial charge in [-0.05, 0) is 70.3 Å². The topological polar surface area (TPSA) is 97.0 Å². The number of nitrogens with zero attached hydrogens (tertiary/aromatic N) is 2. The molecule has 1 aliphatic carbocycles. The largest absolute Gasteiger partial charge is 0.496 e. The van der Waals surface area contributed by atoms with Crippen LogP contribution in [-0.4, -0.2) is 7.11 Å². The number of rotatable bonds is 2. The molecular formula is C20H16BrN4O+. The van der Waals surface area contributed by atoms with Gasteiger partial charge in [0.25, 0.3) is 5.82 Å². The summed E-state index contributed by atoms with van der Waals surface area (Å²) in [4.78, 5) is 3.03. The summed E-state index contributed by atoms with van der Waals surface area (Å²) >= 11 is 3.49. The molecule has 0 bridgehead atoms. The van der Waals surface area contributed by atoms with Crippen LogP contribution in [0.4, 0.5) is 5.82 Å². The first-order chi connectivity index (χ1) is 12.4. The molecule has 1 aromatic carbocycles. The second-order valence-electron chi connectivity index (χ2n) is 5.96. The Bertz CT molecular complexity index is 1080. The Morgan fingerprint density at radius 1 is 1.23 bits per heavy atom. The fourth-order valence-electron chi connectivity index (χ4n) is 3.21. The SMILES string of the molecule is COc1ccc(C=C2C(C)=C(C#N)c3[nH+]c(N)c(C#N)c(C)c32)cc1Br. The smallest absolute Gasteiger partial charge is 0.289 e. The molecule has 128 valence electrons. The van der Waals surface area contributed by atoms with Crippen molar-refractivity contribution in [2.24, 2.45) is 0 Å². The molecule has 0 saturated carbocycles. The van der Waals surface area contributed by atoms with Gasteiger partial charge in [-0.3, -0.25) is 5.73 Å². The quantitative estimate of drug-likeness (QED) is 0.816. The van der Waals surface area contributed by atoms with Gasteiger partial charge in [-0.25, -0.2) is 4.98 Å². The highest BCUT2D eigenvalue weighted by Gasteiger charge is 2.32. The van der Waals surface area contributed by atoms with E-state index in [1.165, 1.54) is 0 Å². The van der Waals surface area contributed by atoms with Crippen molar-refractivity contribution in [3.63, 3.8) is 0 Å². The van der Waals surface area contributed by atoms with Gasteiger partial charge < -0.3 is 4.74 Å². The van der Waals surface area contributed by atoms with Crippen LogP contribution >= 0.6 is 15.9 Å². The number of allylic oxidation sites excluding steroid dienone is 3. The van der Waals surface area contributed by atoms with Gasteiger partial charge in [-0.15, -0.1) is 0 Å². The van der Waals surface area contributed by atoms with Gasteiger partial charge in [-0.2, -0.15) is 10.5 Å². The van der Waals surface area contributed by atoms with E-state index in [0.29, 0.717) is 16.8 Å². The van der Waals surface area contributed by atoms with Gasteiger partial charge in [0.1, 0.15) is 29.0 Å². The number of aromatic amines is 1. The van der Waals surface area contributed by atoms with Gasteiger partial charge in [0.15, 0.2) is 5.69 Å². The van der Waals surface area contributed by atoms with Crippen molar-refractivity contribution >= 4 is 39.0 Å². The van der Waals surface area contributed by atoms with E-state index in [1.54, 1.807) is 7.11 Å². The maximum Gasteiger partial charge on any atom is 0.289 e. The van der Waals surface area contributed by atoms with E-state index >= 15 is 0 Å². The minimum absolute atomic E-state index is 0.276. The summed E-state index contributed by atoms with van der Waals surface area (Å²) < 4.78 is 6.11. The Morgan fingerprint density at radius 2 is 1.96 bits per heavy atom. The lowest BCUT2D eigenvalue weighted by Crippen LogP contribution is -2.20. The summed E-state index contributed by atoms with van der Waals surface area (Å²) in [5.74, 6) is 1.02. The van der Waals surface area contributed by atoms with E-state index in [9.17, 15) is 10.5 Å². The van der Waals surface area contributed by atoms with Gasteiger partial charge in [-0.1, -0.05) is 6.07 Å². The van der Waals surface area contributed by atoms with Crippen molar-refractivity contribution in [1.29, 1.82) is 10.5 Å². The first-order valence-corrected chi connectivity index (χ1v) is 8.65. The van der Waals surface area contributed by atoms with E-state index < -0.39 is 0 Å². The summed E-state index contributed by atoms with van der Waals surface area (Å²) in [6, 6.07) is 10.2. The predicted molar refractivity (Wildman–Crippen MR) is 104 cm³/mol. The Morgan fingerprint density at radius 3 is 2.54 bits per heavy atom. The Labute approximate surface area is 160 Å². The number of anilines is 1. The van der Waals surface area contributed by atoms with Crippen LogP contribution in [0, 0.1) is 29.6 Å². The standard InChI is InChI=1S/C20H15BrN4O/c1-10-13(6-12-4-5-17(26-3)16(21)7-12)18-11(2)15(9-23)20(24)25-19(18)14(10)8-22/h4-7H,1-3H3,(H2,24,25)/p+1. The molecule has 0 radical (unpaired) electrons. The van der Waals surface area contributed by atoms with Gasteiger partial charge in [0, 0.05) is 5.56 Å². The number of nitrogens with one attached hydrogen (secondary N) is 1. The van der Waals surface area contributed by atoms with E-state index in [2.05, 4.69) is 33.1 Å². The number of hydrogen-bond donors (Lipinski definition) is 1. The van der Waals surface area contributed by atoms with Crippen LogP contribution in [0.3, 0.4) is 0 Å². The van der Waals surface area contributed by atoms with Crippen LogP contribution < -0.4 is 15.5 Å². The molecule has 0 amide bonds. The highest BCUT2D eigenvalue weighted by Crippen LogP contribution is 2.43. The molecule has 0 spiro atoms. The molecular weight excluding hydrogens is 392 g/mol. The molecule has 1 aliphatic rings. The Kier molecular flexibility index (Phi) is 4.54. The van der Waals surface area contributed by atoms with Crippen molar-refractivity contribution in [3.05, 3.63) is 56.2 Å². The summed E-state index contributed by atoms with van der Waals surface area (Å²) in [5, 5.41) is 19.0. The molecule has 3 rings (SSSR count). The zero-order valence-electron chi connectivity index (χ0n) is 14.6. The number of nitriles is 2. The Balaban J connectivity index is 2.28. The molecule has 3 N–H and O–H groups in total. The van der Waals surface area contributed by atoms with Crippen molar-refractivity contribution < 1.29 is 9.72 Å². The molecule has 0 atom stereocenters. The number of hydrogen-bond acceptors (Lipinski definition) is 4. The molecule has 0 fully saturated rings. The van der Waals surface area contributed by atoms with Crippen LogP contribution in [0.2, 0.25) is 0 Å². The fourth-order valence-corrected chi connectivity index (χ4v) is 3.77. The van der Waals surface area contributed by atoms with Gasteiger partial charge >= 0.3 is 0 Å². The van der Waals surface area contributed by atoms with Gasteiger partial charge in [0.05, 0.1) is 11.6 Å². The maximum absolute atomic E-state index is 9.60. The molecule has 2 aromatic rings. The highest BCUT2D eigenvalue weighted by atomic mass is 79.9. The average molecular weight is 408 g/mol. The first kappa shape index (κ1) is 17.7. The number of halogens is 1. The van der Waals surface area contributed by atoms with E-state index in [1.807, 2.05) is 38.1 Å². The number of fused-ring (bicyclic) bond motifs is 1. The van der Waals surface area contributed by atoms with Crippen LogP contribution in [0.1, 0.15) is 34.9 Å². The maximum atomic E-state index is 9.60. The number of benzene rings is 1. The van der Waals surface area contributed by atoms with Gasteiger partial charge in [0.2, 0.25) is 0 Å². The molecule has 26 heavy (non-hydrogen) atoms. The third kappa shape index (κ3) is 2.65. The van der Waals surface area contributed by atoms with Crippen molar-refractivity contribution in [2.75, 3.05) is 12.8 Å². The molecule has 5 nitrogen and oxygen atoms in total. The van der Waals surface area contributed by atoms with Crippen molar-refractivity contribution in [3.8, 4) is 17.9 Å². The van der Waals surface area contributed by atoms with E-state index in [0.717, 1.165) is 38.1 Å². The number of pyridine rings is 1. The lowest BCUT2D eigenvalue weighted by molar-refractivity contribution is -0.364. The van der Waals surface area contributed by atoms with E-state index in [4.69, 9.17) is 10.5 Å². The average Bonchev–Trinajstić information content (AvgIpc) is 2.86. The minimum atomic E-state index is 0.276. The normalized spacial score (nSPS) is 14.2. The Hall–Kier alpha value is -3.09. The zero-order valence-corrected chi connectivity index (χ0v) is 16.2. The molecule has 6 heteroatoms. The molecule has 0 saturated heterocycles. The van der Waals surface area contributed by atoms with Crippen LogP contribution in [-0.2, 0) is 0 Å². The predicted octanol–water partition coefficient (Wildman–Crippen LogP) is 3.89. The first-order valence-electron chi connectivity index (χ1n) is 7.85. The second kappa shape index (κ2) is 6.67. The zero-order chi connectivity index (χ0) is 19.0. The van der Waals surface area contributed by atoms with Crippen LogP contribution in [0.15, 0.2) is 28.2 Å². The third-order valence-corrected chi connectivity index (χ3v) is 5.16. The highest BCUT2D eigenvalue weighted by molar-refractivity contribution is 9.10. The second-order valence-corrected chi connectivity index (χ2v) is 6.82. The number of methoxy groups -OCH3 is 1. The summed E-state index contributed by atoms with van der Waals surface area (Å²) in [5.41, 5.74) is 11.9. The number of nitrogens with two attached hydrogens (primary N) is 1. The van der Waals surface area contributed by atoms with Crippen molar-refractivity contribution in [2.45, 2.75) is 13.8 Å². The number of ether oxygens (including phenoxy) is 1. The fraction of sp³-hybridized carbons (Fsp3) is 0.150. The van der Waals surface area contributed by atoms with Crippen LogP contribution in [0.5, 0.6) is 5.75 Å². The molecule has 1 aromatic heterocycles.